The number of carbonyl (C=O) groups excluding carboxylic acids is 2. The number of carbonyl (C=O) groups is 2. The van der Waals surface area contributed by atoms with E-state index in [2.05, 4.69) is 46.4 Å². The molecule has 1 fully saturated rings. The Hall–Kier alpha value is -3.34. The van der Waals surface area contributed by atoms with Crippen molar-refractivity contribution in [3.05, 3.63) is 40.8 Å². The Kier molecular flexibility index (Phi) is 7.15. The van der Waals surface area contributed by atoms with Gasteiger partial charge in [0.1, 0.15) is 16.9 Å². The van der Waals surface area contributed by atoms with Crippen LogP contribution in [0.2, 0.25) is 0 Å². The van der Waals surface area contributed by atoms with Crippen molar-refractivity contribution in [1.29, 1.82) is 0 Å². The van der Waals surface area contributed by atoms with E-state index in [0.717, 1.165) is 34.9 Å². The van der Waals surface area contributed by atoms with E-state index in [1.54, 1.807) is 30.6 Å². The number of hydrogen-bond acceptors (Lipinski definition) is 7. The number of fused-ring (bicyclic) bond motifs is 1. The number of piperidine rings is 1. The number of nitrogens with zero attached hydrogens (tertiary/aromatic N) is 3. The number of amides is 2. The Morgan fingerprint density at radius 3 is 2.83 bits per heavy atom. The second-order valence-electron chi connectivity index (χ2n) is 9.33. The van der Waals surface area contributed by atoms with E-state index in [0.29, 0.717) is 23.8 Å². The Morgan fingerprint density at radius 1 is 1.29 bits per heavy atom. The maximum Gasteiger partial charge on any atom is 0.407 e. The third-order valence-corrected chi connectivity index (χ3v) is 6.08. The Morgan fingerprint density at radius 2 is 2.09 bits per heavy atom. The number of hydrogen-bond donors (Lipinski definition) is 3. The molecule has 1 aliphatic rings. The minimum absolute atomic E-state index is 0.0771. The molecule has 1 saturated heterocycles. The molecule has 0 bridgehead atoms. The molecule has 0 saturated carbocycles. The zero-order valence-electron chi connectivity index (χ0n) is 20.1. The molecule has 4 rings (SSSR count). The third kappa shape index (κ3) is 5.84. The summed E-state index contributed by atoms with van der Waals surface area (Å²) < 4.78 is 11.3. The van der Waals surface area contributed by atoms with Crippen molar-refractivity contribution in [2.75, 3.05) is 30.4 Å². The lowest BCUT2D eigenvalue weighted by Gasteiger charge is -2.36. The fraction of sp³-hybridized carbons (Fsp3) is 0.417. The normalized spacial score (nSPS) is 16.1. The quantitative estimate of drug-likeness (QED) is 0.433. The molecule has 11 heteroatoms. The lowest BCUT2D eigenvalue weighted by atomic mass is 10.0. The number of rotatable bonds is 5. The molecule has 3 aromatic heterocycles. The molecule has 0 aromatic carbocycles. The summed E-state index contributed by atoms with van der Waals surface area (Å²) in [6, 6.07) is 4.94. The van der Waals surface area contributed by atoms with Crippen molar-refractivity contribution in [2.45, 2.75) is 45.3 Å². The van der Waals surface area contributed by atoms with Gasteiger partial charge in [-0.1, -0.05) is 6.07 Å². The second kappa shape index (κ2) is 10.1. The number of anilines is 2. The minimum Gasteiger partial charge on any atom is -0.481 e. The van der Waals surface area contributed by atoms with Crippen molar-refractivity contribution in [3.8, 4) is 5.88 Å². The highest BCUT2D eigenvalue weighted by Gasteiger charge is 2.28. The average molecular weight is 545 g/mol. The van der Waals surface area contributed by atoms with Crippen LogP contribution in [0.15, 0.2) is 35.1 Å². The number of H-pyrrole nitrogens is 1. The van der Waals surface area contributed by atoms with Crippen LogP contribution in [0.25, 0.3) is 11.0 Å². The van der Waals surface area contributed by atoms with Gasteiger partial charge in [0.25, 0.3) is 5.91 Å². The summed E-state index contributed by atoms with van der Waals surface area (Å²) in [6.07, 6.45) is 4.75. The van der Waals surface area contributed by atoms with E-state index in [4.69, 9.17) is 9.47 Å². The van der Waals surface area contributed by atoms with Crippen molar-refractivity contribution in [1.82, 2.24) is 20.3 Å². The van der Waals surface area contributed by atoms with Gasteiger partial charge in [-0.05, 0) is 55.6 Å². The number of alkyl carbamates (subject to hydrolysis) is 1. The molecule has 186 valence electrons. The highest BCUT2D eigenvalue weighted by atomic mass is 79.9. The van der Waals surface area contributed by atoms with Crippen molar-refractivity contribution in [3.63, 3.8) is 0 Å². The monoisotopic (exact) mass is 544 g/mol. The topological polar surface area (TPSA) is 121 Å². The lowest BCUT2D eigenvalue weighted by Crippen LogP contribution is -2.49. The van der Waals surface area contributed by atoms with E-state index >= 15 is 0 Å². The first-order valence-electron chi connectivity index (χ1n) is 11.4. The summed E-state index contributed by atoms with van der Waals surface area (Å²) in [5, 5.41) is 6.70. The van der Waals surface area contributed by atoms with Gasteiger partial charge in [0.05, 0.1) is 28.3 Å². The van der Waals surface area contributed by atoms with E-state index in [-0.39, 0.29) is 17.6 Å². The molecular weight excluding hydrogens is 516 g/mol. The van der Waals surface area contributed by atoms with Crippen molar-refractivity contribution >= 4 is 50.3 Å². The second-order valence-corrected chi connectivity index (χ2v) is 10.2. The van der Waals surface area contributed by atoms with Gasteiger partial charge in [0, 0.05) is 37.6 Å². The van der Waals surface area contributed by atoms with Gasteiger partial charge in [-0.3, -0.25) is 4.79 Å². The highest BCUT2D eigenvalue weighted by molar-refractivity contribution is 9.10. The highest BCUT2D eigenvalue weighted by Crippen LogP contribution is 2.39. The molecule has 2 amide bonds. The van der Waals surface area contributed by atoms with Gasteiger partial charge in [0.15, 0.2) is 0 Å². The molecule has 0 spiro atoms. The van der Waals surface area contributed by atoms with Crippen LogP contribution < -0.4 is 20.3 Å². The number of ether oxygens (including phenoxy) is 2. The fourth-order valence-electron chi connectivity index (χ4n) is 4.08. The van der Waals surface area contributed by atoms with E-state index in [9.17, 15) is 9.59 Å². The lowest BCUT2D eigenvalue weighted by molar-refractivity contribution is 0.0500. The van der Waals surface area contributed by atoms with E-state index in [1.165, 1.54) is 7.11 Å². The van der Waals surface area contributed by atoms with E-state index < -0.39 is 11.7 Å². The van der Waals surface area contributed by atoms with Crippen molar-refractivity contribution < 1.29 is 19.1 Å². The number of halogens is 1. The number of methoxy groups -OCH3 is 1. The molecule has 0 radical (unpaired) electrons. The van der Waals surface area contributed by atoms with Crippen LogP contribution in [-0.4, -0.2) is 58.8 Å². The summed E-state index contributed by atoms with van der Waals surface area (Å²) >= 11 is 3.64. The first-order valence-corrected chi connectivity index (χ1v) is 12.2. The number of aromatic nitrogens is 3. The molecule has 1 unspecified atom stereocenters. The van der Waals surface area contributed by atoms with Crippen LogP contribution in [0.4, 0.5) is 16.2 Å². The molecule has 4 heterocycles. The molecule has 35 heavy (non-hydrogen) atoms. The molecule has 3 N–H and O–H groups in total. The number of nitrogens with one attached hydrogen (secondary N) is 3. The average Bonchev–Trinajstić information content (AvgIpc) is 3.20. The SMILES string of the molecule is COc1cccc(C(=O)Nc2c[nH]c3ncc(Br)c(N4CCCC(NC(=O)OC(C)(C)C)C4)c23)n1. The molecule has 1 atom stereocenters. The Bertz CT molecular complexity index is 1240. The summed E-state index contributed by atoms with van der Waals surface area (Å²) in [6.45, 7) is 6.90. The maximum atomic E-state index is 12.9. The first-order chi connectivity index (χ1) is 16.6. The molecule has 3 aromatic rings. The number of pyridine rings is 2. The van der Waals surface area contributed by atoms with Crippen LogP contribution in [-0.2, 0) is 4.74 Å². The van der Waals surface area contributed by atoms with Crippen LogP contribution in [0, 0.1) is 0 Å². The smallest absolute Gasteiger partial charge is 0.407 e. The van der Waals surface area contributed by atoms with Crippen LogP contribution in [0.1, 0.15) is 44.1 Å². The third-order valence-electron chi connectivity index (χ3n) is 5.50. The van der Waals surface area contributed by atoms with Gasteiger partial charge in [-0.2, -0.15) is 0 Å². The van der Waals surface area contributed by atoms with Gasteiger partial charge in [0.2, 0.25) is 5.88 Å². The summed E-state index contributed by atoms with van der Waals surface area (Å²) in [5.74, 6) is -0.00244. The molecular formula is C24H29BrN6O4. The molecule has 0 aliphatic carbocycles. The largest absolute Gasteiger partial charge is 0.481 e. The van der Waals surface area contributed by atoms with Gasteiger partial charge < -0.3 is 30.0 Å². The molecule has 1 aliphatic heterocycles. The predicted molar refractivity (Wildman–Crippen MR) is 137 cm³/mol. The zero-order chi connectivity index (χ0) is 25.2. The summed E-state index contributed by atoms with van der Waals surface area (Å²) in [5.41, 5.74) is 1.79. The predicted octanol–water partition coefficient (Wildman–Crippen LogP) is 4.47. The van der Waals surface area contributed by atoms with Gasteiger partial charge in [-0.25, -0.2) is 14.8 Å². The van der Waals surface area contributed by atoms with Crippen molar-refractivity contribution in [2.24, 2.45) is 0 Å². The number of aromatic amines is 1. The molecule has 10 nitrogen and oxygen atoms in total. The van der Waals surface area contributed by atoms with E-state index in [1.807, 2.05) is 20.8 Å². The minimum atomic E-state index is -0.561. The standard InChI is InChI=1S/C24H29BrN6O4/c1-24(2,3)35-23(33)28-14-7-6-10-31(13-14)20-15(25)11-26-21-19(20)17(12-27-21)30-22(32)16-8-5-9-18(29-16)34-4/h5,8-9,11-12,14H,6-7,10,13H2,1-4H3,(H,26,27)(H,28,33)(H,30,32). The van der Waals surface area contributed by atoms with Crippen LogP contribution in [0.3, 0.4) is 0 Å². The Labute approximate surface area is 211 Å². The van der Waals surface area contributed by atoms with Crippen LogP contribution >= 0.6 is 15.9 Å². The fourth-order valence-corrected chi connectivity index (χ4v) is 4.63. The maximum absolute atomic E-state index is 12.9. The van der Waals surface area contributed by atoms with Gasteiger partial charge >= 0.3 is 6.09 Å². The summed E-state index contributed by atoms with van der Waals surface area (Å²) in [7, 11) is 1.50. The van der Waals surface area contributed by atoms with Crippen LogP contribution in [0.5, 0.6) is 5.88 Å². The Balaban J connectivity index is 1.59. The summed E-state index contributed by atoms with van der Waals surface area (Å²) in [4.78, 5) is 39.3. The van der Waals surface area contributed by atoms with Gasteiger partial charge in [-0.15, -0.1) is 0 Å². The zero-order valence-corrected chi connectivity index (χ0v) is 21.7. The first kappa shape index (κ1) is 24.8.